The Morgan fingerprint density at radius 1 is 0.889 bits per heavy atom. The number of hydrogen-bond acceptors (Lipinski definition) is 2. The lowest BCUT2D eigenvalue weighted by Gasteiger charge is -2.43. The number of likely N-dealkylation sites (tertiary alicyclic amines) is 2. The minimum atomic E-state index is 0.0725. The van der Waals surface area contributed by atoms with Crippen LogP contribution in [-0.2, 0) is 0 Å². The minimum absolute atomic E-state index is 0.0725. The predicted octanol–water partition coefficient (Wildman–Crippen LogP) is 2.48. The molecule has 0 aromatic carbocycles. The second-order valence-corrected chi connectivity index (χ2v) is 7.76. The maximum absolute atomic E-state index is 3.89. The summed E-state index contributed by atoms with van der Waals surface area (Å²) in [6.07, 6.45) is 11.5. The van der Waals surface area contributed by atoms with E-state index in [0.717, 1.165) is 6.17 Å². The zero-order valence-corrected chi connectivity index (χ0v) is 13.4. The highest BCUT2D eigenvalue weighted by Gasteiger charge is 2.26. The van der Waals surface area contributed by atoms with Crippen molar-refractivity contribution in [3.8, 4) is 0 Å². The molecule has 0 amide bonds. The third-order valence-electron chi connectivity index (χ3n) is 4.49. The highest BCUT2D eigenvalue weighted by Crippen LogP contribution is 2.21. The quantitative estimate of drug-likeness (QED) is 0.414. The van der Waals surface area contributed by atoms with Crippen molar-refractivity contribution in [3.05, 3.63) is 12.7 Å². The number of piperidine rings is 2. The molecule has 0 unspecified atom stereocenters. The number of nitrogens with zero attached hydrogens (tertiary/aromatic N) is 2. The summed E-state index contributed by atoms with van der Waals surface area (Å²) in [5.41, 5.74) is 0. The Morgan fingerprint density at radius 3 is 1.83 bits per heavy atom. The van der Waals surface area contributed by atoms with Crippen molar-refractivity contribution in [1.29, 1.82) is 0 Å². The highest BCUT2D eigenvalue weighted by atomic mass is 28.2. The molecule has 0 bridgehead atoms. The fraction of sp³-hybridized carbons (Fsp3) is 0.867. The van der Waals surface area contributed by atoms with Gasteiger partial charge in [-0.2, -0.15) is 0 Å². The molecule has 2 rings (SSSR count). The van der Waals surface area contributed by atoms with Crippen LogP contribution < -0.4 is 0 Å². The van der Waals surface area contributed by atoms with E-state index in [0.29, 0.717) is 0 Å². The van der Waals surface area contributed by atoms with E-state index in [2.05, 4.69) is 22.5 Å². The van der Waals surface area contributed by atoms with Crippen molar-refractivity contribution >= 4 is 9.52 Å². The first-order valence-electron chi connectivity index (χ1n) is 8.01. The molecule has 2 heterocycles. The van der Waals surface area contributed by atoms with Gasteiger partial charge in [0.2, 0.25) is 0 Å². The van der Waals surface area contributed by atoms with E-state index in [1.165, 1.54) is 76.8 Å². The van der Waals surface area contributed by atoms with E-state index in [1.807, 2.05) is 0 Å². The van der Waals surface area contributed by atoms with Crippen LogP contribution in [0.5, 0.6) is 0 Å². The molecule has 0 radical (unpaired) electrons. The van der Waals surface area contributed by atoms with Gasteiger partial charge in [0.25, 0.3) is 0 Å². The standard InChI is InChI=1S/C15H30N2Si/c1-2-13-18-14-15(16-9-5-3-6-10-16)17-11-7-4-8-12-17/h2,15H,1,3-14,18H2. The van der Waals surface area contributed by atoms with Crippen molar-refractivity contribution in [1.82, 2.24) is 9.80 Å². The second-order valence-electron chi connectivity index (χ2n) is 5.89. The first kappa shape index (κ1) is 14.3. The topological polar surface area (TPSA) is 6.48 Å². The Balaban J connectivity index is 1.89. The molecule has 3 heteroatoms. The summed E-state index contributed by atoms with van der Waals surface area (Å²) in [6.45, 7) is 9.29. The molecule has 2 aliphatic rings. The summed E-state index contributed by atoms with van der Waals surface area (Å²) in [4.78, 5) is 5.59. The Hall–Kier alpha value is -0.123. The van der Waals surface area contributed by atoms with Gasteiger partial charge in [0.15, 0.2) is 0 Å². The first-order valence-corrected chi connectivity index (χ1v) is 10.0. The molecule has 0 spiro atoms. The van der Waals surface area contributed by atoms with Crippen molar-refractivity contribution in [3.63, 3.8) is 0 Å². The molecule has 0 atom stereocenters. The van der Waals surface area contributed by atoms with Crippen LogP contribution in [0.1, 0.15) is 38.5 Å². The maximum Gasteiger partial charge on any atom is 0.0592 e. The SMILES string of the molecule is C=CC[SiH2]CC(N1CCCCC1)N1CCCCC1. The maximum atomic E-state index is 3.89. The van der Waals surface area contributed by atoms with Crippen LogP contribution in [0.25, 0.3) is 0 Å². The van der Waals surface area contributed by atoms with Crippen molar-refractivity contribution in [2.24, 2.45) is 0 Å². The second kappa shape index (κ2) is 8.13. The molecule has 0 N–H and O–H groups in total. The molecular weight excluding hydrogens is 236 g/mol. The number of hydrogen-bond donors (Lipinski definition) is 0. The van der Waals surface area contributed by atoms with Crippen LogP contribution in [0.2, 0.25) is 12.1 Å². The largest absolute Gasteiger partial charge is 0.288 e. The van der Waals surface area contributed by atoms with E-state index >= 15 is 0 Å². The molecule has 0 aliphatic carbocycles. The Bertz CT molecular complexity index is 215. The molecule has 2 saturated heterocycles. The third kappa shape index (κ3) is 4.21. The number of allylic oxidation sites excluding steroid dienone is 1. The van der Waals surface area contributed by atoms with Gasteiger partial charge >= 0.3 is 0 Å². The molecule has 2 fully saturated rings. The Labute approximate surface area is 115 Å². The van der Waals surface area contributed by atoms with Gasteiger partial charge in [-0.05, 0) is 64.0 Å². The lowest BCUT2D eigenvalue weighted by Crippen LogP contribution is -2.52. The first-order chi connectivity index (χ1) is 8.92. The number of rotatable bonds is 6. The fourth-order valence-electron chi connectivity index (χ4n) is 3.47. The lowest BCUT2D eigenvalue weighted by molar-refractivity contribution is 0.0293. The van der Waals surface area contributed by atoms with E-state index in [-0.39, 0.29) is 9.52 Å². The molecule has 104 valence electrons. The average molecular weight is 267 g/mol. The third-order valence-corrected chi connectivity index (χ3v) is 6.24. The molecule has 0 aromatic rings. The summed E-state index contributed by atoms with van der Waals surface area (Å²) in [5, 5.41) is 0. The van der Waals surface area contributed by atoms with Crippen molar-refractivity contribution < 1.29 is 0 Å². The molecule has 18 heavy (non-hydrogen) atoms. The van der Waals surface area contributed by atoms with Crippen molar-refractivity contribution in [2.45, 2.75) is 56.8 Å². The van der Waals surface area contributed by atoms with Gasteiger partial charge in [-0.1, -0.05) is 18.9 Å². The molecule has 2 aliphatic heterocycles. The molecule has 2 nitrogen and oxygen atoms in total. The van der Waals surface area contributed by atoms with Crippen LogP contribution >= 0.6 is 0 Å². The average Bonchev–Trinajstić information content (AvgIpc) is 2.46. The van der Waals surface area contributed by atoms with E-state index in [1.54, 1.807) is 0 Å². The van der Waals surface area contributed by atoms with E-state index in [9.17, 15) is 0 Å². The Kier molecular flexibility index (Phi) is 6.45. The van der Waals surface area contributed by atoms with Crippen LogP contribution in [-0.4, -0.2) is 51.7 Å². The van der Waals surface area contributed by atoms with Gasteiger partial charge in [-0.3, -0.25) is 9.80 Å². The van der Waals surface area contributed by atoms with Crippen molar-refractivity contribution in [2.75, 3.05) is 26.2 Å². The van der Waals surface area contributed by atoms with Crippen LogP contribution in [0.4, 0.5) is 0 Å². The van der Waals surface area contributed by atoms with Gasteiger partial charge < -0.3 is 0 Å². The van der Waals surface area contributed by atoms with E-state index < -0.39 is 0 Å². The summed E-state index contributed by atoms with van der Waals surface area (Å²) in [5.74, 6) is 0. The van der Waals surface area contributed by atoms with Gasteiger partial charge in [0, 0.05) is 9.52 Å². The van der Waals surface area contributed by atoms with Gasteiger partial charge in [0.1, 0.15) is 0 Å². The lowest BCUT2D eigenvalue weighted by atomic mass is 10.1. The van der Waals surface area contributed by atoms with Gasteiger partial charge in [-0.25, -0.2) is 0 Å². The van der Waals surface area contributed by atoms with Crippen LogP contribution in [0.3, 0.4) is 0 Å². The summed E-state index contributed by atoms with van der Waals surface area (Å²) < 4.78 is 0. The molecular formula is C15H30N2Si. The predicted molar refractivity (Wildman–Crippen MR) is 83.0 cm³/mol. The molecule has 0 aromatic heterocycles. The zero-order chi connectivity index (χ0) is 12.6. The van der Waals surface area contributed by atoms with Gasteiger partial charge in [0.05, 0.1) is 6.17 Å². The molecule has 0 saturated carbocycles. The fourth-order valence-corrected chi connectivity index (χ4v) is 5.09. The Morgan fingerprint density at radius 2 is 1.39 bits per heavy atom. The minimum Gasteiger partial charge on any atom is -0.288 e. The summed E-state index contributed by atoms with van der Waals surface area (Å²) in [6, 6.07) is 2.80. The summed E-state index contributed by atoms with van der Waals surface area (Å²) >= 11 is 0. The monoisotopic (exact) mass is 266 g/mol. The van der Waals surface area contributed by atoms with Crippen LogP contribution in [0.15, 0.2) is 12.7 Å². The van der Waals surface area contributed by atoms with E-state index in [4.69, 9.17) is 0 Å². The smallest absolute Gasteiger partial charge is 0.0592 e. The normalized spacial score (nSPS) is 24.1. The highest BCUT2D eigenvalue weighted by molar-refractivity contribution is 6.36. The zero-order valence-electron chi connectivity index (χ0n) is 11.9. The summed E-state index contributed by atoms with van der Waals surface area (Å²) in [7, 11) is 0.0725. The van der Waals surface area contributed by atoms with Crippen LogP contribution in [0, 0.1) is 0 Å². The van der Waals surface area contributed by atoms with Gasteiger partial charge in [-0.15, -0.1) is 6.58 Å².